The zero-order valence-corrected chi connectivity index (χ0v) is 10.4. The summed E-state index contributed by atoms with van der Waals surface area (Å²) in [5, 5.41) is 10.8. The van der Waals surface area contributed by atoms with E-state index in [1.807, 2.05) is 0 Å². The Morgan fingerprint density at radius 3 is 2.45 bits per heavy atom. The lowest BCUT2D eigenvalue weighted by molar-refractivity contribution is -0.386. The van der Waals surface area contributed by atoms with E-state index in [0.29, 0.717) is 12.1 Å². The number of hydrogen-bond donors (Lipinski definition) is 0. The molecule has 0 bridgehead atoms. The molecule has 0 radical (unpaired) electrons. The van der Waals surface area contributed by atoms with Crippen LogP contribution in [-0.4, -0.2) is 24.1 Å². The normalized spacial score (nSPS) is 12.7. The molecule has 0 aliphatic rings. The average molecular weight is 293 g/mol. The van der Waals surface area contributed by atoms with Crippen LogP contribution in [0.4, 0.5) is 18.9 Å². The summed E-state index contributed by atoms with van der Waals surface area (Å²) in [4.78, 5) is 20.9. The smallest absolute Gasteiger partial charge is 0.416 e. The third kappa shape index (κ3) is 3.59. The van der Waals surface area contributed by atoms with E-state index < -0.39 is 40.2 Å². The first-order valence-electron chi connectivity index (χ1n) is 5.27. The maximum absolute atomic E-state index is 12.5. The standard InChI is InChI=1S/C11H10F3NO5/c1-6(10(16)19-2)20-9-4-3-7(11(12,13)14)5-8(9)15(17)18/h3-6H,1-2H3/t6-/m1/s1. The van der Waals surface area contributed by atoms with Gasteiger partial charge in [-0.2, -0.15) is 13.2 Å². The number of nitro benzene ring substituents is 1. The molecular weight excluding hydrogens is 283 g/mol. The van der Waals surface area contributed by atoms with E-state index in [4.69, 9.17) is 4.74 Å². The van der Waals surface area contributed by atoms with Gasteiger partial charge in [0.25, 0.3) is 0 Å². The molecule has 9 heteroatoms. The van der Waals surface area contributed by atoms with Gasteiger partial charge in [-0.05, 0) is 19.1 Å². The summed E-state index contributed by atoms with van der Waals surface area (Å²) in [6, 6.07) is 1.77. The molecule has 1 atom stereocenters. The number of benzene rings is 1. The molecule has 0 aromatic heterocycles. The molecule has 0 aliphatic carbocycles. The van der Waals surface area contributed by atoms with Crippen molar-refractivity contribution in [1.29, 1.82) is 0 Å². The SMILES string of the molecule is COC(=O)[C@@H](C)Oc1ccc(C(F)(F)F)cc1[N+](=O)[O-]. The van der Waals surface area contributed by atoms with Gasteiger partial charge in [0.05, 0.1) is 17.6 Å². The lowest BCUT2D eigenvalue weighted by Crippen LogP contribution is -2.25. The van der Waals surface area contributed by atoms with E-state index in [2.05, 4.69) is 4.74 Å². The van der Waals surface area contributed by atoms with E-state index in [1.165, 1.54) is 6.92 Å². The number of carbonyl (C=O) groups is 1. The number of esters is 1. The summed E-state index contributed by atoms with van der Waals surface area (Å²) in [5.41, 5.74) is -2.06. The number of alkyl halides is 3. The molecule has 0 saturated carbocycles. The van der Waals surface area contributed by atoms with Crippen LogP contribution in [0.2, 0.25) is 0 Å². The molecule has 110 valence electrons. The van der Waals surface area contributed by atoms with Crippen LogP contribution in [0.15, 0.2) is 18.2 Å². The maximum Gasteiger partial charge on any atom is 0.416 e. The number of methoxy groups -OCH3 is 1. The highest BCUT2D eigenvalue weighted by Crippen LogP contribution is 2.36. The number of ether oxygens (including phenoxy) is 2. The summed E-state index contributed by atoms with van der Waals surface area (Å²) >= 11 is 0. The van der Waals surface area contributed by atoms with Gasteiger partial charge < -0.3 is 9.47 Å². The third-order valence-corrected chi connectivity index (χ3v) is 2.32. The van der Waals surface area contributed by atoms with Crippen LogP contribution in [0.5, 0.6) is 5.75 Å². The van der Waals surface area contributed by atoms with E-state index in [9.17, 15) is 28.1 Å². The number of halogens is 3. The van der Waals surface area contributed by atoms with Gasteiger partial charge in [0.15, 0.2) is 11.9 Å². The molecule has 0 fully saturated rings. The number of carbonyl (C=O) groups excluding carboxylic acids is 1. The Bertz CT molecular complexity index is 529. The number of hydrogen-bond acceptors (Lipinski definition) is 5. The van der Waals surface area contributed by atoms with Crippen LogP contribution in [0.25, 0.3) is 0 Å². The van der Waals surface area contributed by atoms with Crippen LogP contribution in [0.1, 0.15) is 12.5 Å². The van der Waals surface area contributed by atoms with Crippen molar-refractivity contribution in [3.8, 4) is 5.75 Å². The van der Waals surface area contributed by atoms with Crippen LogP contribution in [0, 0.1) is 10.1 Å². The second-order valence-corrected chi connectivity index (χ2v) is 3.72. The summed E-state index contributed by atoms with van der Waals surface area (Å²) in [6.45, 7) is 1.26. The summed E-state index contributed by atoms with van der Waals surface area (Å²) in [7, 11) is 1.09. The summed E-state index contributed by atoms with van der Waals surface area (Å²) < 4.78 is 46.7. The van der Waals surface area contributed by atoms with Crippen molar-refractivity contribution < 1.29 is 32.4 Å². The predicted molar refractivity (Wildman–Crippen MR) is 60.2 cm³/mol. The minimum Gasteiger partial charge on any atom is -0.472 e. The Kier molecular flexibility index (Phi) is 4.53. The van der Waals surface area contributed by atoms with Crippen molar-refractivity contribution in [2.24, 2.45) is 0 Å². The molecule has 0 spiro atoms. The second-order valence-electron chi connectivity index (χ2n) is 3.72. The zero-order valence-electron chi connectivity index (χ0n) is 10.4. The van der Waals surface area contributed by atoms with Gasteiger partial charge in [0.2, 0.25) is 0 Å². The number of nitro groups is 1. The first-order valence-corrected chi connectivity index (χ1v) is 5.27. The fourth-order valence-corrected chi connectivity index (χ4v) is 1.34. The monoisotopic (exact) mass is 293 g/mol. The van der Waals surface area contributed by atoms with Crippen LogP contribution in [0.3, 0.4) is 0 Å². The highest BCUT2D eigenvalue weighted by Gasteiger charge is 2.33. The predicted octanol–water partition coefficient (Wildman–Crippen LogP) is 2.55. The quantitative estimate of drug-likeness (QED) is 0.484. The lowest BCUT2D eigenvalue weighted by Gasteiger charge is -2.13. The first-order chi connectivity index (χ1) is 9.16. The Labute approximate surface area is 111 Å². The summed E-state index contributed by atoms with van der Waals surface area (Å²) in [6.07, 6.45) is -5.90. The molecular formula is C11H10F3NO5. The van der Waals surface area contributed by atoms with Crippen molar-refractivity contribution in [3.05, 3.63) is 33.9 Å². The number of rotatable bonds is 4. The Hall–Kier alpha value is -2.32. The lowest BCUT2D eigenvalue weighted by atomic mass is 10.2. The van der Waals surface area contributed by atoms with Crippen molar-refractivity contribution >= 4 is 11.7 Å². The minimum absolute atomic E-state index is 0.347. The first kappa shape index (κ1) is 15.7. The minimum atomic E-state index is -4.71. The van der Waals surface area contributed by atoms with Crippen LogP contribution in [-0.2, 0) is 15.7 Å². The molecule has 0 aliphatic heterocycles. The molecule has 0 amide bonds. The average Bonchev–Trinajstić information content (AvgIpc) is 2.36. The molecule has 1 aromatic carbocycles. The zero-order chi connectivity index (χ0) is 15.5. The van der Waals surface area contributed by atoms with Gasteiger partial charge in [-0.1, -0.05) is 0 Å². The molecule has 0 saturated heterocycles. The molecule has 20 heavy (non-hydrogen) atoms. The largest absolute Gasteiger partial charge is 0.472 e. The molecule has 1 aromatic rings. The Balaban J connectivity index is 3.15. The fourth-order valence-electron chi connectivity index (χ4n) is 1.34. The van der Waals surface area contributed by atoms with E-state index in [0.717, 1.165) is 13.2 Å². The molecule has 0 heterocycles. The van der Waals surface area contributed by atoms with Crippen molar-refractivity contribution in [1.82, 2.24) is 0 Å². The molecule has 0 unspecified atom stereocenters. The van der Waals surface area contributed by atoms with Gasteiger partial charge in [-0.3, -0.25) is 10.1 Å². The van der Waals surface area contributed by atoms with Crippen molar-refractivity contribution in [3.63, 3.8) is 0 Å². The molecule has 0 N–H and O–H groups in total. The number of nitrogens with zero attached hydrogens (tertiary/aromatic N) is 1. The van der Waals surface area contributed by atoms with Gasteiger partial charge in [0, 0.05) is 6.07 Å². The Morgan fingerprint density at radius 1 is 1.40 bits per heavy atom. The van der Waals surface area contributed by atoms with Gasteiger partial charge in [-0.25, -0.2) is 4.79 Å². The van der Waals surface area contributed by atoms with E-state index in [1.54, 1.807) is 0 Å². The fraction of sp³-hybridized carbons (Fsp3) is 0.364. The van der Waals surface area contributed by atoms with Gasteiger partial charge in [-0.15, -0.1) is 0 Å². The van der Waals surface area contributed by atoms with Gasteiger partial charge in [0.1, 0.15) is 0 Å². The van der Waals surface area contributed by atoms with E-state index in [-0.39, 0.29) is 0 Å². The van der Waals surface area contributed by atoms with Gasteiger partial charge >= 0.3 is 17.8 Å². The van der Waals surface area contributed by atoms with Crippen molar-refractivity contribution in [2.75, 3.05) is 7.11 Å². The van der Waals surface area contributed by atoms with Crippen LogP contribution >= 0.6 is 0 Å². The van der Waals surface area contributed by atoms with Crippen LogP contribution < -0.4 is 4.74 Å². The molecule has 6 nitrogen and oxygen atoms in total. The highest BCUT2D eigenvalue weighted by molar-refractivity contribution is 5.74. The summed E-state index contributed by atoms with van der Waals surface area (Å²) in [5.74, 6) is -1.25. The van der Waals surface area contributed by atoms with E-state index >= 15 is 0 Å². The third-order valence-electron chi connectivity index (χ3n) is 2.32. The maximum atomic E-state index is 12.5. The van der Waals surface area contributed by atoms with Crippen molar-refractivity contribution in [2.45, 2.75) is 19.2 Å². The Morgan fingerprint density at radius 2 is 2.00 bits per heavy atom. The highest BCUT2D eigenvalue weighted by atomic mass is 19.4. The molecule has 1 rings (SSSR count). The topological polar surface area (TPSA) is 78.7 Å². The second kappa shape index (κ2) is 5.76.